The lowest BCUT2D eigenvalue weighted by molar-refractivity contribution is -0.113. The zero-order chi connectivity index (χ0) is 20.9. The number of ketones is 1. The van der Waals surface area contributed by atoms with E-state index in [0.29, 0.717) is 5.56 Å². The van der Waals surface area contributed by atoms with Gasteiger partial charge in [0.1, 0.15) is 5.69 Å². The molecule has 0 atom stereocenters. The largest absolute Gasteiger partial charge is 0.464 e. The standard InChI is InChI=1S/C22H19NO5S/c1-28-22(25)21-15-18(12-13-19(24)14-17-8-4-2-5-9-17)16-23(21)29(26,27)20-10-6-3-7-11-20/h2-13,15-16H,14H2,1H3/b13-12-. The second-order valence-electron chi connectivity index (χ2n) is 6.23. The fourth-order valence-corrected chi connectivity index (χ4v) is 4.13. The molecule has 0 radical (unpaired) electrons. The topological polar surface area (TPSA) is 82.4 Å². The molecule has 0 spiro atoms. The number of hydrogen-bond donors (Lipinski definition) is 0. The molecule has 3 aromatic rings. The normalized spacial score (nSPS) is 11.5. The van der Waals surface area contributed by atoms with Gasteiger partial charge in [0.2, 0.25) is 0 Å². The SMILES string of the molecule is COC(=O)c1cc(/C=C\C(=O)Cc2ccccc2)cn1S(=O)(=O)c1ccccc1. The van der Waals surface area contributed by atoms with Crippen LogP contribution in [0.15, 0.2) is 83.9 Å². The van der Waals surface area contributed by atoms with Crippen LogP contribution in [0.3, 0.4) is 0 Å². The van der Waals surface area contributed by atoms with Crippen molar-refractivity contribution in [1.29, 1.82) is 0 Å². The van der Waals surface area contributed by atoms with Gasteiger partial charge in [0.15, 0.2) is 5.78 Å². The molecule has 0 N–H and O–H groups in total. The minimum absolute atomic E-state index is 0.0384. The number of aromatic nitrogens is 1. The van der Waals surface area contributed by atoms with Crippen LogP contribution in [0.4, 0.5) is 0 Å². The van der Waals surface area contributed by atoms with Crippen molar-refractivity contribution in [3.63, 3.8) is 0 Å². The molecule has 2 aromatic carbocycles. The van der Waals surface area contributed by atoms with E-state index < -0.39 is 16.0 Å². The first-order chi connectivity index (χ1) is 13.9. The van der Waals surface area contributed by atoms with Gasteiger partial charge >= 0.3 is 5.97 Å². The molecular weight excluding hydrogens is 390 g/mol. The molecule has 1 aromatic heterocycles. The predicted octanol–water partition coefficient (Wildman–Crippen LogP) is 3.34. The van der Waals surface area contributed by atoms with E-state index in [1.54, 1.807) is 18.2 Å². The number of methoxy groups -OCH3 is 1. The fourth-order valence-electron chi connectivity index (χ4n) is 2.76. The second kappa shape index (κ2) is 8.70. The number of nitrogens with zero attached hydrogens (tertiary/aromatic N) is 1. The number of hydrogen-bond acceptors (Lipinski definition) is 5. The van der Waals surface area contributed by atoms with Crippen molar-refractivity contribution in [2.75, 3.05) is 7.11 Å². The molecule has 7 heteroatoms. The van der Waals surface area contributed by atoms with Crippen molar-refractivity contribution in [2.24, 2.45) is 0 Å². The van der Waals surface area contributed by atoms with Crippen LogP contribution >= 0.6 is 0 Å². The highest BCUT2D eigenvalue weighted by Crippen LogP contribution is 2.20. The van der Waals surface area contributed by atoms with Crippen molar-refractivity contribution in [3.05, 3.63) is 95.8 Å². The lowest BCUT2D eigenvalue weighted by Gasteiger charge is -2.08. The maximum absolute atomic E-state index is 12.9. The zero-order valence-corrected chi connectivity index (χ0v) is 16.5. The van der Waals surface area contributed by atoms with Gasteiger partial charge in [-0.15, -0.1) is 0 Å². The number of carbonyl (C=O) groups is 2. The summed E-state index contributed by atoms with van der Waals surface area (Å²) >= 11 is 0. The van der Waals surface area contributed by atoms with E-state index in [9.17, 15) is 18.0 Å². The van der Waals surface area contributed by atoms with Crippen LogP contribution in [-0.4, -0.2) is 31.3 Å². The Hall–Kier alpha value is -3.45. The van der Waals surface area contributed by atoms with Gasteiger partial charge in [0, 0.05) is 12.6 Å². The van der Waals surface area contributed by atoms with Crippen molar-refractivity contribution >= 4 is 27.9 Å². The van der Waals surface area contributed by atoms with E-state index in [2.05, 4.69) is 0 Å². The highest BCUT2D eigenvalue weighted by atomic mass is 32.2. The van der Waals surface area contributed by atoms with E-state index in [4.69, 9.17) is 4.74 Å². The lowest BCUT2D eigenvalue weighted by Crippen LogP contribution is -2.18. The van der Waals surface area contributed by atoms with E-state index in [1.807, 2.05) is 30.3 Å². The van der Waals surface area contributed by atoms with Crippen LogP contribution < -0.4 is 0 Å². The molecular formula is C22H19NO5S. The van der Waals surface area contributed by atoms with E-state index in [1.165, 1.54) is 43.7 Å². The third-order valence-corrected chi connectivity index (χ3v) is 5.87. The van der Waals surface area contributed by atoms with Gasteiger partial charge in [-0.05, 0) is 41.5 Å². The quantitative estimate of drug-likeness (QED) is 0.442. The zero-order valence-electron chi connectivity index (χ0n) is 15.7. The molecule has 0 saturated heterocycles. The Morgan fingerprint density at radius 3 is 2.24 bits per heavy atom. The number of esters is 1. The van der Waals surface area contributed by atoms with Gasteiger partial charge in [-0.3, -0.25) is 4.79 Å². The van der Waals surface area contributed by atoms with Crippen molar-refractivity contribution in [2.45, 2.75) is 11.3 Å². The first kappa shape index (κ1) is 20.3. The number of ether oxygens (including phenoxy) is 1. The van der Waals surface area contributed by atoms with Crippen LogP contribution in [0.2, 0.25) is 0 Å². The number of benzene rings is 2. The van der Waals surface area contributed by atoms with Gasteiger partial charge in [0.25, 0.3) is 10.0 Å². The average molecular weight is 409 g/mol. The molecule has 0 fully saturated rings. The average Bonchev–Trinajstić information content (AvgIpc) is 3.18. The summed E-state index contributed by atoms with van der Waals surface area (Å²) in [6.45, 7) is 0. The summed E-state index contributed by atoms with van der Waals surface area (Å²) in [5.41, 5.74) is 1.12. The molecule has 148 valence electrons. The number of rotatable bonds is 7. The summed E-state index contributed by atoms with van der Waals surface area (Å²) in [5, 5.41) is 0. The van der Waals surface area contributed by atoms with Crippen molar-refractivity contribution in [1.82, 2.24) is 3.97 Å². The van der Waals surface area contributed by atoms with Crippen molar-refractivity contribution in [3.8, 4) is 0 Å². The first-order valence-electron chi connectivity index (χ1n) is 8.78. The second-order valence-corrected chi connectivity index (χ2v) is 8.04. The summed E-state index contributed by atoms with van der Waals surface area (Å²) in [4.78, 5) is 24.3. The Labute approximate surface area is 169 Å². The van der Waals surface area contributed by atoms with Gasteiger partial charge in [-0.2, -0.15) is 0 Å². The Balaban J connectivity index is 1.91. The molecule has 0 saturated carbocycles. The third-order valence-electron chi connectivity index (χ3n) is 4.18. The molecule has 29 heavy (non-hydrogen) atoms. The van der Waals surface area contributed by atoms with Gasteiger partial charge in [-0.25, -0.2) is 17.2 Å². The van der Waals surface area contributed by atoms with Crippen molar-refractivity contribution < 1.29 is 22.7 Å². The maximum Gasteiger partial charge on any atom is 0.355 e. The smallest absolute Gasteiger partial charge is 0.355 e. The van der Waals surface area contributed by atoms with Crippen LogP contribution in [0, 0.1) is 0 Å². The van der Waals surface area contributed by atoms with Gasteiger partial charge in [0.05, 0.1) is 12.0 Å². The molecule has 0 aliphatic rings. The Kier molecular flexibility index (Phi) is 6.09. The molecule has 1 heterocycles. The highest BCUT2D eigenvalue weighted by Gasteiger charge is 2.24. The lowest BCUT2D eigenvalue weighted by atomic mass is 10.1. The predicted molar refractivity (Wildman–Crippen MR) is 109 cm³/mol. The first-order valence-corrected chi connectivity index (χ1v) is 10.2. The van der Waals surface area contributed by atoms with Gasteiger partial charge < -0.3 is 4.74 Å². The Bertz CT molecular complexity index is 1150. The molecule has 0 amide bonds. The maximum atomic E-state index is 12.9. The molecule has 0 aliphatic heterocycles. The monoisotopic (exact) mass is 409 g/mol. The van der Waals surface area contributed by atoms with Crippen LogP contribution in [-0.2, 0) is 26.0 Å². The summed E-state index contributed by atoms with van der Waals surface area (Å²) in [6, 6.07) is 18.4. The molecule has 0 aliphatic carbocycles. The summed E-state index contributed by atoms with van der Waals surface area (Å²) in [5.74, 6) is -0.936. The van der Waals surface area contributed by atoms with Crippen LogP contribution in [0.1, 0.15) is 21.6 Å². The van der Waals surface area contributed by atoms with E-state index >= 15 is 0 Å². The Morgan fingerprint density at radius 1 is 1.00 bits per heavy atom. The van der Waals surface area contributed by atoms with E-state index in [-0.39, 0.29) is 22.8 Å². The van der Waals surface area contributed by atoms with E-state index in [0.717, 1.165) is 9.54 Å². The summed E-state index contributed by atoms with van der Waals surface area (Å²) in [7, 11) is -2.82. The number of allylic oxidation sites excluding steroid dienone is 1. The molecule has 3 rings (SSSR count). The highest BCUT2D eigenvalue weighted by molar-refractivity contribution is 7.90. The van der Waals surface area contributed by atoms with Crippen LogP contribution in [0.25, 0.3) is 6.08 Å². The summed E-state index contributed by atoms with van der Waals surface area (Å²) < 4.78 is 31.4. The minimum Gasteiger partial charge on any atom is -0.464 e. The minimum atomic E-state index is -3.99. The van der Waals surface area contributed by atoms with Crippen LogP contribution in [0.5, 0.6) is 0 Å². The Morgan fingerprint density at radius 2 is 1.62 bits per heavy atom. The summed E-state index contributed by atoms with van der Waals surface area (Å²) in [6.07, 6.45) is 4.36. The molecule has 0 bridgehead atoms. The number of carbonyl (C=O) groups excluding carboxylic acids is 2. The molecule has 6 nitrogen and oxygen atoms in total. The molecule has 0 unspecified atom stereocenters. The van der Waals surface area contributed by atoms with Gasteiger partial charge in [-0.1, -0.05) is 48.5 Å². The fraction of sp³-hybridized carbons (Fsp3) is 0.0909. The third kappa shape index (κ3) is 4.70.